The lowest BCUT2D eigenvalue weighted by molar-refractivity contribution is 0.306. The smallest absolute Gasteiger partial charge is 0.363 e. The van der Waals surface area contributed by atoms with E-state index in [9.17, 15) is 4.79 Å². The first-order valence-electron chi connectivity index (χ1n) is 7.21. The summed E-state index contributed by atoms with van der Waals surface area (Å²) in [6.07, 6.45) is 6.40. The Labute approximate surface area is 128 Å². The fourth-order valence-corrected chi connectivity index (χ4v) is 1.77. The molecule has 116 valence electrons. The largest absolute Gasteiger partial charge is 0.494 e. The van der Waals surface area contributed by atoms with Crippen LogP contribution in [0.5, 0.6) is 5.75 Å². The van der Waals surface area contributed by atoms with Gasteiger partial charge in [-0.25, -0.2) is 9.89 Å². The minimum atomic E-state index is -0.525. The topological polar surface area (TPSA) is 92.3 Å². The molecular weight excluding hydrogens is 282 g/mol. The van der Waals surface area contributed by atoms with Crippen LogP contribution in [0.15, 0.2) is 40.4 Å². The van der Waals surface area contributed by atoms with Crippen molar-refractivity contribution in [2.75, 3.05) is 12.0 Å². The van der Waals surface area contributed by atoms with Gasteiger partial charge in [-0.05, 0) is 24.1 Å². The van der Waals surface area contributed by atoms with E-state index in [4.69, 9.17) is 4.74 Å². The molecule has 1 heterocycles. The first-order valence-corrected chi connectivity index (χ1v) is 7.21. The van der Waals surface area contributed by atoms with Gasteiger partial charge in [-0.15, -0.1) is 0 Å². The standard InChI is InChI=1S/C15H19N5O2/c1-2-3-4-8-22-13-7-5-6-12(9-13)10-16-19-14-11-17-20-15(21)18-14/h5-7,9-11H,2-4,8H2,1H3,(H2,18,19,20,21)/b16-10+. The van der Waals surface area contributed by atoms with Gasteiger partial charge in [0.05, 0.1) is 19.0 Å². The summed E-state index contributed by atoms with van der Waals surface area (Å²) >= 11 is 0. The summed E-state index contributed by atoms with van der Waals surface area (Å²) in [6, 6.07) is 7.64. The normalized spacial score (nSPS) is 10.8. The van der Waals surface area contributed by atoms with Crippen molar-refractivity contribution >= 4 is 12.0 Å². The van der Waals surface area contributed by atoms with Gasteiger partial charge in [0.2, 0.25) is 0 Å². The Hall–Kier alpha value is -2.70. The summed E-state index contributed by atoms with van der Waals surface area (Å²) in [5.41, 5.74) is 3.01. The van der Waals surface area contributed by atoms with Gasteiger partial charge in [0.25, 0.3) is 0 Å². The van der Waals surface area contributed by atoms with E-state index in [1.807, 2.05) is 24.3 Å². The first-order chi connectivity index (χ1) is 10.8. The second-order valence-electron chi connectivity index (χ2n) is 4.67. The molecule has 0 bridgehead atoms. The van der Waals surface area contributed by atoms with Crippen molar-refractivity contribution in [2.45, 2.75) is 26.2 Å². The summed E-state index contributed by atoms with van der Waals surface area (Å²) in [7, 11) is 0. The molecule has 0 radical (unpaired) electrons. The number of anilines is 1. The van der Waals surface area contributed by atoms with Crippen molar-refractivity contribution in [1.82, 2.24) is 15.2 Å². The summed E-state index contributed by atoms with van der Waals surface area (Å²) in [5.74, 6) is 1.10. The third-order valence-electron chi connectivity index (χ3n) is 2.84. The number of aromatic nitrogens is 3. The Bertz CT molecular complexity index is 669. The van der Waals surface area contributed by atoms with E-state index < -0.39 is 5.69 Å². The molecule has 2 N–H and O–H groups in total. The second kappa shape index (κ2) is 8.56. The van der Waals surface area contributed by atoms with Crippen molar-refractivity contribution in [1.29, 1.82) is 0 Å². The zero-order valence-corrected chi connectivity index (χ0v) is 12.5. The number of rotatable bonds is 8. The molecule has 7 heteroatoms. The van der Waals surface area contributed by atoms with Crippen LogP contribution >= 0.6 is 0 Å². The fourth-order valence-electron chi connectivity index (χ4n) is 1.77. The van der Waals surface area contributed by atoms with Gasteiger partial charge in [-0.3, -0.25) is 5.43 Å². The highest BCUT2D eigenvalue weighted by atomic mass is 16.5. The maximum atomic E-state index is 11.0. The van der Waals surface area contributed by atoms with Gasteiger partial charge in [-0.1, -0.05) is 31.9 Å². The fraction of sp³-hybridized carbons (Fsp3) is 0.333. The molecule has 0 saturated carbocycles. The zero-order chi connectivity index (χ0) is 15.6. The monoisotopic (exact) mass is 301 g/mol. The highest BCUT2D eigenvalue weighted by molar-refractivity contribution is 5.80. The number of H-pyrrole nitrogens is 1. The van der Waals surface area contributed by atoms with E-state index >= 15 is 0 Å². The quantitative estimate of drug-likeness (QED) is 0.443. The van der Waals surface area contributed by atoms with Crippen molar-refractivity contribution in [2.24, 2.45) is 5.10 Å². The van der Waals surface area contributed by atoms with E-state index in [0.717, 1.165) is 24.3 Å². The predicted molar refractivity (Wildman–Crippen MR) is 85.3 cm³/mol. The van der Waals surface area contributed by atoms with Crippen LogP contribution in [0, 0.1) is 0 Å². The van der Waals surface area contributed by atoms with Gasteiger partial charge in [-0.2, -0.15) is 15.2 Å². The highest BCUT2D eigenvalue weighted by Gasteiger charge is 1.96. The number of ether oxygens (including phenoxy) is 1. The summed E-state index contributed by atoms with van der Waals surface area (Å²) in [5, 5.41) is 9.83. The lowest BCUT2D eigenvalue weighted by Gasteiger charge is -2.06. The Morgan fingerprint density at radius 3 is 3.14 bits per heavy atom. The average Bonchev–Trinajstić information content (AvgIpc) is 2.52. The minimum Gasteiger partial charge on any atom is -0.494 e. The molecule has 7 nitrogen and oxygen atoms in total. The molecule has 1 aromatic heterocycles. The van der Waals surface area contributed by atoms with Crippen LogP contribution in [-0.4, -0.2) is 28.0 Å². The van der Waals surface area contributed by atoms with Gasteiger partial charge in [0, 0.05) is 0 Å². The number of hydrogen-bond donors (Lipinski definition) is 2. The van der Waals surface area contributed by atoms with E-state index in [1.54, 1.807) is 6.21 Å². The Balaban J connectivity index is 1.89. The third kappa shape index (κ3) is 5.35. The molecule has 0 amide bonds. The Kier molecular flexibility index (Phi) is 6.10. The van der Waals surface area contributed by atoms with E-state index in [-0.39, 0.29) is 5.82 Å². The first kappa shape index (κ1) is 15.7. The third-order valence-corrected chi connectivity index (χ3v) is 2.84. The second-order valence-corrected chi connectivity index (χ2v) is 4.67. The predicted octanol–water partition coefficient (Wildman–Crippen LogP) is 2.18. The molecule has 1 aromatic carbocycles. The molecule has 2 rings (SSSR count). The lowest BCUT2D eigenvalue weighted by Crippen LogP contribution is -2.13. The van der Waals surface area contributed by atoms with E-state index in [0.29, 0.717) is 0 Å². The van der Waals surface area contributed by atoms with E-state index in [1.165, 1.54) is 19.0 Å². The highest BCUT2D eigenvalue weighted by Crippen LogP contribution is 2.12. The van der Waals surface area contributed by atoms with Crippen molar-refractivity contribution < 1.29 is 4.74 Å². The van der Waals surface area contributed by atoms with Crippen molar-refractivity contribution in [3.05, 3.63) is 46.5 Å². The van der Waals surface area contributed by atoms with Crippen LogP contribution in [0.25, 0.3) is 0 Å². The summed E-state index contributed by atoms with van der Waals surface area (Å²) in [6.45, 7) is 2.88. The number of nitrogens with one attached hydrogen (secondary N) is 2. The number of benzene rings is 1. The number of aromatic amines is 1. The van der Waals surface area contributed by atoms with Crippen molar-refractivity contribution in [3.8, 4) is 5.75 Å². The van der Waals surface area contributed by atoms with Gasteiger partial charge < -0.3 is 4.74 Å². The molecule has 0 spiro atoms. The van der Waals surface area contributed by atoms with E-state index in [2.05, 4.69) is 32.6 Å². The van der Waals surface area contributed by atoms with Gasteiger partial charge in [0.1, 0.15) is 5.75 Å². The average molecular weight is 301 g/mol. The van der Waals surface area contributed by atoms with Crippen molar-refractivity contribution in [3.63, 3.8) is 0 Å². The summed E-state index contributed by atoms with van der Waals surface area (Å²) < 4.78 is 5.68. The Morgan fingerprint density at radius 2 is 2.32 bits per heavy atom. The van der Waals surface area contributed by atoms with Crippen LogP contribution in [-0.2, 0) is 0 Å². The van der Waals surface area contributed by atoms with Crippen LogP contribution in [0.3, 0.4) is 0 Å². The summed E-state index contributed by atoms with van der Waals surface area (Å²) in [4.78, 5) is 14.6. The number of hydrazone groups is 1. The molecule has 0 aliphatic carbocycles. The van der Waals surface area contributed by atoms with Gasteiger partial charge >= 0.3 is 5.69 Å². The van der Waals surface area contributed by atoms with Crippen LogP contribution in [0.1, 0.15) is 31.7 Å². The molecule has 0 fully saturated rings. The van der Waals surface area contributed by atoms with Crippen LogP contribution in [0.2, 0.25) is 0 Å². The number of hydrogen-bond acceptors (Lipinski definition) is 6. The Morgan fingerprint density at radius 1 is 1.41 bits per heavy atom. The van der Waals surface area contributed by atoms with Gasteiger partial charge in [0.15, 0.2) is 5.82 Å². The molecule has 22 heavy (non-hydrogen) atoms. The zero-order valence-electron chi connectivity index (χ0n) is 12.5. The number of unbranched alkanes of at least 4 members (excludes halogenated alkanes) is 2. The molecule has 0 unspecified atom stereocenters. The molecular formula is C15H19N5O2. The lowest BCUT2D eigenvalue weighted by atomic mass is 10.2. The maximum Gasteiger partial charge on any atom is 0.363 e. The molecule has 0 aliphatic heterocycles. The molecule has 0 aliphatic rings. The minimum absolute atomic E-state index is 0.284. The molecule has 0 atom stereocenters. The SMILES string of the molecule is CCCCCOc1cccc(/C=N/Nc2cn[nH]c(=O)n2)c1. The number of nitrogens with zero attached hydrogens (tertiary/aromatic N) is 3. The maximum absolute atomic E-state index is 11.0. The van der Waals surface area contributed by atoms with Crippen LogP contribution in [0.4, 0.5) is 5.82 Å². The molecule has 0 saturated heterocycles. The van der Waals surface area contributed by atoms with Crippen LogP contribution < -0.4 is 15.9 Å². The molecule has 2 aromatic rings.